The van der Waals surface area contributed by atoms with Crippen LogP contribution < -0.4 is 5.32 Å². The van der Waals surface area contributed by atoms with Gasteiger partial charge in [0.05, 0.1) is 5.41 Å². The third kappa shape index (κ3) is 2.93. The van der Waals surface area contributed by atoms with Crippen molar-refractivity contribution in [1.29, 1.82) is 0 Å². The molecule has 5 heteroatoms. The van der Waals surface area contributed by atoms with Gasteiger partial charge in [0, 0.05) is 28.6 Å². The summed E-state index contributed by atoms with van der Waals surface area (Å²) in [7, 11) is 0. The van der Waals surface area contributed by atoms with Crippen molar-refractivity contribution >= 4 is 40.6 Å². The molecule has 0 bridgehead atoms. The fraction of sp³-hybridized carbons (Fsp3) is 0.333. The molecule has 2 aromatic rings. The number of nitrogens with one attached hydrogen (secondary N) is 1. The van der Waals surface area contributed by atoms with Crippen molar-refractivity contribution in [1.82, 2.24) is 0 Å². The monoisotopic (exact) mass is 387 g/mol. The van der Waals surface area contributed by atoms with Gasteiger partial charge in [0.15, 0.2) is 0 Å². The minimum atomic E-state index is -0.763. The van der Waals surface area contributed by atoms with E-state index in [0.717, 1.165) is 29.7 Å². The van der Waals surface area contributed by atoms with Crippen LogP contribution in [0.25, 0.3) is 0 Å². The number of hydrogen-bond acceptors (Lipinski definition) is 2. The lowest BCUT2D eigenvalue weighted by molar-refractivity contribution is -0.126. The predicted octanol–water partition coefficient (Wildman–Crippen LogP) is 5.19. The van der Waals surface area contributed by atoms with E-state index in [4.69, 9.17) is 23.2 Å². The van der Waals surface area contributed by atoms with Crippen LogP contribution in [-0.2, 0) is 21.4 Å². The van der Waals surface area contributed by atoms with E-state index in [1.165, 1.54) is 0 Å². The maximum atomic E-state index is 13.3. The van der Waals surface area contributed by atoms with Gasteiger partial charge in [-0.05, 0) is 60.6 Å². The number of fused-ring (bicyclic) bond motifs is 1. The van der Waals surface area contributed by atoms with Gasteiger partial charge in [-0.25, -0.2) is 0 Å². The van der Waals surface area contributed by atoms with Crippen molar-refractivity contribution in [2.75, 3.05) is 5.32 Å². The number of halogens is 2. The van der Waals surface area contributed by atoms with Gasteiger partial charge in [-0.15, -0.1) is 0 Å². The van der Waals surface area contributed by atoms with Crippen LogP contribution in [0, 0.1) is 5.92 Å². The summed E-state index contributed by atoms with van der Waals surface area (Å²) in [5.41, 5.74) is 1.92. The molecule has 0 aromatic heterocycles. The number of amides is 1. The maximum Gasteiger partial charge on any atom is 0.235 e. The zero-order chi connectivity index (χ0) is 18.3. The first-order valence-corrected chi connectivity index (χ1v) is 9.62. The summed E-state index contributed by atoms with van der Waals surface area (Å²) in [6.07, 6.45) is 3.26. The summed E-state index contributed by atoms with van der Waals surface area (Å²) in [5, 5.41) is 4.24. The molecule has 1 saturated carbocycles. The van der Waals surface area contributed by atoms with Crippen molar-refractivity contribution < 1.29 is 9.59 Å². The van der Waals surface area contributed by atoms with Crippen molar-refractivity contribution in [3.05, 3.63) is 63.6 Å². The molecule has 2 aliphatic rings. The highest BCUT2D eigenvalue weighted by molar-refractivity contribution is 6.31. The highest BCUT2D eigenvalue weighted by Crippen LogP contribution is 2.50. The van der Waals surface area contributed by atoms with Crippen LogP contribution in [0.5, 0.6) is 0 Å². The fourth-order valence-electron chi connectivity index (χ4n) is 4.50. The summed E-state index contributed by atoms with van der Waals surface area (Å²) in [4.78, 5) is 25.4. The van der Waals surface area contributed by atoms with E-state index < -0.39 is 5.41 Å². The molecule has 2 atom stereocenters. The molecule has 26 heavy (non-hydrogen) atoms. The molecule has 134 valence electrons. The van der Waals surface area contributed by atoms with Gasteiger partial charge in [0.2, 0.25) is 5.91 Å². The van der Waals surface area contributed by atoms with Gasteiger partial charge >= 0.3 is 0 Å². The second-order valence-electron chi connectivity index (χ2n) is 7.25. The van der Waals surface area contributed by atoms with Gasteiger partial charge in [0.1, 0.15) is 5.78 Å². The average Bonchev–Trinajstić information content (AvgIpc) is 2.87. The summed E-state index contributed by atoms with van der Waals surface area (Å²) >= 11 is 12.3. The smallest absolute Gasteiger partial charge is 0.235 e. The van der Waals surface area contributed by atoms with E-state index in [9.17, 15) is 9.59 Å². The minimum Gasteiger partial charge on any atom is -0.325 e. The van der Waals surface area contributed by atoms with Crippen LogP contribution in [0.1, 0.15) is 36.8 Å². The number of hydrogen-bond donors (Lipinski definition) is 1. The summed E-state index contributed by atoms with van der Waals surface area (Å²) in [5.74, 6) is 0.168. The molecule has 1 heterocycles. The normalized spacial score (nSPS) is 25.1. The van der Waals surface area contributed by atoms with Gasteiger partial charge in [0.25, 0.3) is 0 Å². The Hall–Kier alpha value is -1.84. The number of benzene rings is 2. The lowest BCUT2D eigenvalue weighted by Crippen LogP contribution is -2.45. The lowest BCUT2D eigenvalue weighted by atomic mass is 9.62. The lowest BCUT2D eigenvalue weighted by Gasteiger charge is -2.38. The number of ketones is 1. The molecule has 3 nitrogen and oxygen atoms in total. The number of rotatable bonds is 3. The fourth-order valence-corrected chi connectivity index (χ4v) is 4.89. The molecule has 1 amide bonds. The van der Waals surface area contributed by atoms with Crippen LogP contribution in [0.15, 0.2) is 42.5 Å². The van der Waals surface area contributed by atoms with Gasteiger partial charge in [-0.1, -0.05) is 41.4 Å². The van der Waals surface area contributed by atoms with Gasteiger partial charge in [-0.2, -0.15) is 0 Å². The average molecular weight is 388 g/mol. The Morgan fingerprint density at radius 1 is 1.08 bits per heavy atom. The van der Waals surface area contributed by atoms with Crippen molar-refractivity contribution in [3.8, 4) is 0 Å². The van der Waals surface area contributed by atoms with E-state index >= 15 is 0 Å². The molecular weight excluding hydrogens is 369 g/mol. The Kier molecular flexibility index (Phi) is 4.54. The van der Waals surface area contributed by atoms with Crippen molar-refractivity contribution in [2.45, 2.75) is 37.5 Å². The Morgan fingerprint density at radius 3 is 2.65 bits per heavy atom. The van der Waals surface area contributed by atoms with Crippen molar-refractivity contribution in [2.24, 2.45) is 5.92 Å². The second-order valence-corrected chi connectivity index (χ2v) is 8.13. The van der Waals surface area contributed by atoms with Crippen LogP contribution >= 0.6 is 23.2 Å². The molecule has 1 N–H and O–H groups in total. The SMILES string of the molecule is O=C1CCCC(C2(Cc3cccc(Cl)c3)C(=O)Nc3cc(Cl)ccc32)C1. The summed E-state index contributed by atoms with van der Waals surface area (Å²) in [6, 6.07) is 13.1. The molecule has 0 radical (unpaired) electrons. The van der Waals surface area contributed by atoms with Crippen LogP contribution in [0.4, 0.5) is 5.69 Å². The highest BCUT2D eigenvalue weighted by Gasteiger charge is 2.52. The quantitative estimate of drug-likeness (QED) is 0.787. The van der Waals surface area contributed by atoms with E-state index in [-0.39, 0.29) is 17.6 Å². The predicted molar refractivity (Wildman–Crippen MR) is 104 cm³/mol. The molecule has 2 unspecified atom stereocenters. The minimum absolute atomic E-state index is 0.0230. The third-order valence-corrected chi connectivity index (χ3v) is 6.14. The first kappa shape index (κ1) is 17.6. The van der Waals surface area contributed by atoms with Crippen molar-refractivity contribution in [3.63, 3.8) is 0 Å². The number of carbonyl (C=O) groups is 2. The highest BCUT2D eigenvalue weighted by atomic mass is 35.5. The molecule has 1 aliphatic carbocycles. The third-order valence-electron chi connectivity index (χ3n) is 5.67. The largest absolute Gasteiger partial charge is 0.325 e. The first-order valence-electron chi connectivity index (χ1n) is 8.86. The molecular formula is C21H19Cl2NO2. The maximum absolute atomic E-state index is 13.3. The Labute approximate surface area is 162 Å². The Balaban J connectivity index is 1.85. The molecule has 1 aliphatic heterocycles. The summed E-state index contributed by atoms with van der Waals surface area (Å²) in [6.45, 7) is 0. The van der Waals surface area contributed by atoms with E-state index in [2.05, 4.69) is 5.32 Å². The van der Waals surface area contributed by atoms with Crippen LogP contribution in [-0.4, -0.2) is 11.7 Å². The zero-order valence-corrected chi connectivity index (χ0v) is 15.7. The van der Waals surface area contributed by atoms with Crippen LogP contribution in [0.3, 0.4) is 0 Å². The molecule has 0 spiro atoms. The summed E-state index contributed by atoms with van der Waals surface area (Å²) < 4.78 is 0. The Morgan fingerprint density at radius 2 is 1.88 bits per heavy atom. The molecule has 1 fully saturated rings. The Bertz CT molecular complexity index is 895. The van der Waals surface area contributed by atoms with Gasteiger partial charge in [-0.3, -0.25) is 9.59 Å². The topological polar surface area (TPSA) is 46.2 Å². The van der Waals surface area contributed by atoms with Gasteiger partial charge < -0.3 is 5.32 Å². The van der Waals surface area contributed by atoms with E-state index in [1.807, 2.05) is 36.4 Å². The van der Waals surface area contributed by atoms with E-state index in [0.29, 0.717) is 29.3 Å². The van der Waals surface area contributed by atoms with E-state index in [1.54, 1.807) is 6.07 Å². The van der Waals surface area contributed by atoms with Crippen LogP contribution in [0.2, 0.25) is 10.0 Å². The number of Topliss-reactive ketones (excluding diaryl/α,β-unsaturated/α-hetero) is 1. The zero-order valence-electron chi connectivity index (χ0n) is 14.2. The molecule has 0 saturated heterocycles. The molecule has 4 rings (SSSR count). The first-order chi connectivity index (χ1) is 12.5. The number of carbonyl (C=O) groups excluding carboxylic acids is 2. The molecule has 2 aromatic carbocycles. The number of anilines is 1. The second kappa shape index (κ2) is 6.71. The standard InChI is InChI=1S/C21H19Cl2NO2/c22-15-5-1-3-13(9-15)12-21(14-4-2-6-17(25)10-14)18-8-7-16(23)11-19(18)24-20(21)26/h1,3,5,7-9,11,14H,2,4,6,10,12H2,(H,24,26).